The van der Waals surface area contributed by atoms with Crippen molar-refractivity contribution >= 4 is 6.08 Å². The van der Waals surface area contributed by atoms with Crippen molar-refractivity contribution < 1.29 is 9.66 Å². The van der Waals surface area contributed by atoms with Gasteiger partial charge < -0.3 is 4.74 Å². The van der Waals surface area contributed by atoms with E-state index in [1.165, 1.54) is 38.2 Å². The first-order valence-corrected chi connectivity index (χ1v) is 6.78. The molecule has 4 nitrogen and oxygen atoms in total. The molecule has 0 atom stereocenters. The van der Waals surface area contributed by atoms with E-state index in [1.54, 1.807) is 0 Å². The van der Waals surface area contributed by atoms with Crippen LogP contribution in [0.2, 0.25) is 0 Å². The molecule has 1 aromatic carbocycles. The summed E-state index contributed by atoms with van der Waals surface area (Å²) in [6.07, 6.45) is 8.88. The van der Waals surface area contributed by atoms with Crippen molar-refractivity contribution in [3.05, 3.63) is 46.1 Å². The molecule has 1 aliphatic rings. The van der Waals surface area contributed by atoms with Gasteiger partial charge in [-0.05, 0) is 36.5 Å². The summed E-state index contributed by atoms with van der Waals surface area (Å²) in [5.74, 6) is 1.45. The molecule has 0 aliphatic heterocycles. The smallest absolute Gasteiger partial charge is 0.235 e. The molecule has 0 aromatic heterocycles. The maximum atomic E-state index is 10.3. The monoisotopic (exact) mass is 261 g/mol. The van der Waals surface area contributed by atoms with Crippen LogP contribution in [0.1, 0.15) is 37.7 Å². The maximum Gasteiger partial charge on any atom is 0.235 e. The summed E-state index contributed by atoms with van der Waals surface area (Å²) in [5.41, 5.74) is 0.790. The van der Waals surface area contributed by atoms with Crippen molar-refractivity contribution in [2.75, 3.05) is 6.61 Å². The molecule has 0 unspecified atom stereocenters. The van der Waals surface area contributed by atoms with E-state index in [0.717, 1.165) is 24.1 Å². The van der Waals surface area contributed by atoms with Gasteiger partial charge in [-0.2, -0.15) is 0 Å². The van der Waals surface area contributed by atoms with Crippen LogP contribution in [-0.4, -0.2) is 11.5 Å². The normalized spacial score (nSPS) is 16.6. The molecule has 0 heterocycles. The molecule has 1 aliphatic carbocycles. The van der Waals surface area contributed by atoms with Gasteiger partial charge in [0.15, 0.2) is 0 Å². The summed E-state index contributed by atoms with van der Waals surface area (Å²) in [4.78, 5) is 9.81. The van der Waals surface area contributed by atoms with E-state index in [4.69, 9.17) is 4.74 Å². The lowest BCUT2D eigenvalue weighted by Gasteiger charge is -2.21. The van der Waals surface area contributed by atoms with E-state index in [1.807, 2.05) is 24.3 Å². The SMILES string of the molecule is O=[N+]([O-])/C=C/c1cccc(OCC2CCCCC2)c1. The number of rotatable bonds is 5. The molecule has 1 aromatic rings. The predicted octanol–water partition coefficient (Wildman–Crippen LogP) is 3.89. The van der Waals surface area contributed by atoms with Crippen LogP contribution in [0.5, 0.6) is 5.75 Å². The van der Waals surface area contributed by atoms with Crippen LogP contribution < -0.4 is 4.74 Å². The summed E-state index contributed by atoms with van der Waals surface area (Å²) in [6, 6.07) is 7.42. The minimum atomic E-state index is -0.463. The Morgan fingerprint density at radius 1 is 1.32 bits per heavy atom. The van der Waals surface area contributed by atoms with Crippen LogP contribution in [0.25, 0.3) is 6.08 Å². The Kier molecular flexibility index (Phi) is 4.95. The van der Waals surface area contributed by atoms with E-state index < -0.39 is 4.92 Å². The van der Waals surface area contributed by atoms with Gasteiger partial charge in [0.25, 0.3) is 0 Å². The van der Waals surface area contributed by atoms with Crippen LogP contribution >= 0.6 is 0 Å². The Morgan fingerprint density at radius 3 is 2.84 bits per heavy atom. The molecule has 0 saturated heterocycles. The number of benzene rings is 1. The van der Waals surface area contributed by atoms with Crippen LogP contribution in [0.15, 0.2) is 30.5 Å². The second-order valence-electron chi connectivity index (χ2n) is 4.99. The summed E-state index contributed by atoms with van der Waals surface area (Å²) in [7, 11) is 0. The molecule has 2 rings (SSSR count). The highest BCUT2D eigenvalue weighted by Gasteiger charge is 2.13. The lowest BCUT2D eigenvalue weighted by molar-refractivity contribution is -0.400. The Labute approximate surface area is 113 Å². The van der Waals surface area contributed by atoms with Crippen LogP contribution in [0.4, 0.5) is 0 Å². The minimum Gasteiger partial charge on any atom is -0.493 e. The molecule has 1 saturated carbocycles. The van der Waals surface area contributed by atoms with Crippen molar-refractivity contribution in [1.29, 1.82) is 0 Å². The Morgan fingerprint density at radius 2 is 2.11 bits per heavy atom. The molecule has 0 N–H and O–H groups in total. The van der Waals surface area contributed by atoms with Crippen LogP contribution in [0, 0.1) is 16.0 Å². The first kappa shape index (κ1) is 13.6. The summed E-state index contributed by atoms with van der Waals surface area (Å²) in [6.45, 7) is 0.752. The van der Waals surface area contributed by atoms with E-state index in [2.05, 4.69) is 0 Å². The zero-order chi connectivity index (χ0) is 13.5. The van der Waals surface area contributed by atoms with Gasteiger partial charge in [0.05, 0.1) is 11.5 Å². The topological polar surface area (TPSA) is 52.4 Å². The summed E-state index contributed by atoms with van der Waals surface area (Å²) < 4.78 is 5.79. The Balaban J connectivity index is 1.89. The van der Waals surface area contributed by atoms with E-state index in [0.29, 0.717) is 5.92 Å². The van der Waals surface area contributed by atoms with Crippen molar-refractivity contribution in [2.24, 2.45) is 5.92 Å². The van der Waals surface area contributed by atoms with E-state index >= 15 is 0 Å². The average molecular weight is 261 g/mol. The highest BCUT2D eigenvalue weighted by Crippen LogP contribution is 2.25. The van der Waals surface area contributed by atoms with Gasteiger partial charge in [-0.15, -0.1) is 0 Å². The third-order valence-electron chi connectivity index (χ3n) is 3.46. The van der Waals surface area contributed by atoms with Gasteiger partial charge in [-0.25, -0.2) is 0 Å². The zero-order valence-electron chi connectivity index (χ0n) is 11.0. The Bertz CT molecular complexity index is 450. The van der Waals surface area contributed by atoms with Gasteiger partial charge in [0, 0.05) is 6.08 Å². The number of hydrogen-bond donors (Lipinski definition) is 0. The second kappa shape index (κ2) is 6.92. The molecular weight excluding hydrogens is 242 g/mol. The largest absolute Gasteiger partial charge is 0.493 e. The molecule has 0 spiro atoms. The van der Waals surface area contributed by atoms with Gasteiger partial charge >= 0.3 is 0 Å². The van der Waals surface area contributed by atoms with Crippen molar-refractivity contribution in [1.82, 2.24) is 0 Å². The molecule has 0 amide bonds. The standard InChI is InChI=1S/C15H19NO3/c17-16(18)10-9-13-7-4-8-15(11-13)19-12-14-5-2-1-3-6-14/h4,7-11,14H,1-3,5-6,12H2/b10-9+. The number of hydrogen-bond acceptors (Lipinski definition) is 3. The second-order valence-corrected chi connectivity index (χ2v) is 4.99. The highest BCUT2D eigenvalue weighted by atomic mass is 16.6. The van der Waals surface area contributed by atoms with Gasteiger partial charge in [0.2, 0.25) is 6.20 Å². The molecule has 19 heavy (non-hydrogen) atoms. The van der Waals surface area contributed by atoms with Crippen LogP contribution in [0.3, 0.4) is 0 Å². The van der Waals surface area contributed by atoms with Crippen LogP contribution in [-0.2, 0) is 0 Å². The molecule has 0 bridgehead atoms. The Hall–Kier alpha value is -1.84. The fraction of sp³-hybridized carbons (Fsp3) is 0.467. The lowest BCUT2D eigenvalue weighted by Crippen LogP contribution is -2.15. The number of nitro groups is 1. The molecule has 4 heteroatoms. The molecule has 0 radical (unpaired) electrons. The molecule has 1 fully saturated rings. The average Bonchev–Trinajstić information content (AvgIpc) is 2.44. The lowest BCUT2D eigenvalue weighted by atomic mass is 9.90. The van der Waals surface area contributed by atoms with Gasteiger partial charge in [-0.3, -0.25) is 10.1 Å². The van der Waals surface area contributed by atoms with E-state index in [9.17, 15) is 10.1 Å². The number of ether oxygens (including phenoxy) is 1. The van der Waals surface area contributed by atoms with E-state index in [-0.39, 0.29) is 0 Å². The highest BCUT2D eigenvalue weighted by molar-refractivity contribution is 5.50. The predicted molar refractivity (Wildman–Crippen MR) is 74.5 cm³/mol. The van der Waals surface area contributed by atoms with Crippen molar-refractivity contribution in [3.8, 4) is 5.75 Å². The quantitative estimate of drug-likeness (QED) is 0.596. The zero-order valence-corrected chi connectivity index (χ0v) is 11.0. The van der Waals surface area contributed by atoms with Crippen molar-refractivity contribution in [3.63, 3.8) is 0 Å². The fourth-order valence-corrected chi connectivity index (χ4v) is 2.42. The molecular formula is C15H19NO3. The third-order valence-corrected chi connectivity index (χ3v) is 3.46. The molecule has 102 valence electrons. The van der Waals surface area contributed by atoms with Gasteiger partial charge in [0.1, 0.15) is 5.75 Å². The summed E-state index contributed by atoms with van der Waals surface area (Å²) >= 11 is 0. The third kappa shape index (κ3) is 4.73. The minimum absolute atomic E-state index is 0.463. The maximum absolute atomic E-state index is 10.3. The summed E-state index contributed by atoms with van der Waals surface area (Å²) in [5, 5.41) is 10.3. The number of nitrogens with zero attached hydrogens (tertiary/aromatic N) is 1. The van der Waals surface area contributed by atoms with Crippen molar-refractivity contribution in [2.45, 2.75) is 32.1 Å². The first-order valence-electron chi connectivity index (χ1n) is 6.78. The fourth-order valence-electron chi connectivity index (χ4n) is 2.42. The van der Waals surface area contributed by atoms with Gasteiger partial charge in [-0.1, -0.05) is 31.4 Å². The first-order chi connectivity index (χ1) is 9.24.